The highest BCUT2D eigenvalue weighted by Gasteiger charge is 2.21. The van der Waals surface area contributed by atoms with Crippen LogP contribution in [0, 0.1) is 0 Å². The lowest BCUT2D eigenvalue weighted by atomic mass is 9.91. The van der Waals surface area contributed by atoms with Gasteiger partial charge in [-0.05, 0) is 35.0 Å². The molecule has 0 aliphatic carbocycles. The van der Waals surface area contributed by atoms with Crippen LogP contribution in [-0.2, 0) is 0 Å². The Morgan fingerprint density at radius 1 is 0.368 bits per heavy atom. The first-order chi connectivity index (χ1) is 18.7. The van der Waals surface area contributed by atoms with Crippen LogP contribution < -0.4 is 0 Å². The van der Waals surface area contributed by atoms with Gasteiger partial charge in [-0.15, -0.1) is 22.7 Å². The molecule has 0 radical (unpaired) electrons. The van der Waals surface area contributed by atoms with E-state index in [1.807, 2.05) is 22.7 Å². The van der Waals surface area contributed by atoms with Crippen LogP contribution in [0.2, 0.25) is 10.0 Å². The lowest BCUT2D eigenvalue weighted by molar-refractivity contribution is 1.81. The van der Waals surface area contributed by atoms with Crippen LogP contribution in [0.1, 0.15) is 0 Å². The van der Waals surface area contributed by atoms with E-state index in [1.165, 1.54) is 72.7 Å². The maximum atomic E-state index is 6.92. The molecule has 0 aliphatic heterocycles. The summed E-state index contributed by atoms with van der Waals surface area (Å²) in [6.07, 6.45) is 0. The van der Waals surface area contributed by atoms with E-state index < -0.39 is 0 Å². The molecule has 0 unspecified atom stereocenters. The summed E-state index contributed by atoms with van der Waals surface area (Å²) in [6, 6.07) is 34.8. The van der Waals surface area contributed by atoms with E-state index in [4.69, 9.17) is 23.2 Å². The van der Waals surface area contributed by atoms with E-state index in [2.05, 4.69) is 97.1 Å². The molecule has 178 valence electrons. The second kappa shape index (κ2) is 7.59. The fraction of sp³-hybridized carbons (Fsp3) is 0. The van der Waals surface area contributed by atoms with Crippen molar-refractivity contribution in [3.63, 3.8) is 0 Å². The smallest absolute Gasteiger partial charge is 0.0491 e. The average Bonchev–Trinajstić information content (AvgIpc) is 2.95. The minimum atomic E-state index is 0.797. The summed E-state index contributed by atoms with van der Waals surface area (Å²) < 4.78 is 5.13. The molecule has 38 heavy (non-hydrogen) atoms. The highest BCUT2D eigenvalue weighted by Crippen LogP contribution is 2.51. The van der Waals surface area contributed by atoms with Gasteiger partial charge in [0.15, 0.2) is 0 Å². The molecule has 2 heterocycles. The summed E-state index contributed by atoms with van der Waals surface area (Å²) in [5, 5.41) is 16.4. The Morgan fingerprint density at radius 2 is 0.763 bits per heavy atom. The molecule has 0 N–H and O–H groups in total. The highest BCUT2D eigenvalue weighted by molar-refractivity contribution is 7.26. The molecule has 9 aromatic rings. The van der Waals surface area contributed by atoms with E-state index in [0.29, 0.717) is 0 Å². The molecular weight excluding hydrogens is 543 g/mol. The predicted molar refractivity (Wildman–Crippen MR) is 172 cm³/mol. The fourth-order valence-corrected chi connectivity index (χ4v) is 9.44. The van der Waals surface area contributed by atoms with E-state index in [-0.39, 0.29) is 0 Å². The van der Waals surface area contributed by atoms with Gasteiger partial charge in [-0.2, -0.15) is 0 Å². The van der Waals surface area contributed by atoms with Crippen LogP contribution in [-0.4, -0.2) is 0 Å². The first kappa shape index (κ1) is 21.5. The van der Waals surface area contributed by atoms with Gasteiger partial charge in [-0.25, -0.2) is 0 Å². The van der Waals surface area contributed by atoms with Gasteiger partial charge in [0, 0.05) is 82.7 Å². The van der Waals surface area contributed by atoms with Gasteiger partial charge in [0.1, 0.15) is 0 Å². The molecule has 2 aromatic heterocycles. The number of hydrogen-bond donors (Lipinski definition) is 0. The topological polar surface area (TPSA) is 0 Å². The van der Waals surface area contributed by atoms with Crippen LogP contribution in [0.25, 0.3) is 83.4 Å². The molecule has 0 amide bonds. The predicted octanol–water partition coefficient (Wildman–Crippen LogP) is 12.3. The molecule has 0 bridgehead atoms. The Hall–Kier alpha value is -3.40. The summed E-state index contributed by atoms with van der Waals surface area (Å²) in [7, 11) is 0. The third-order valence-electron chi connectivity index (χ3n) is 7.94. The molecule has 0 spiro atoms. The van der Waals surface area contributed by atoms with Crippen LogP contribution in [0.15, 0.2) is 97.1 Å². The Kier molecular flexibility index (Phi) is 4.30. The van der Waals surface area contributed by atoms with Crippen molar-refractivity contribution >= 4 is 129 Å². The first-order valence-electron chi connectivity index (χ1n) is 12.5. The first-order valence-corrected chi connectivity index (χ1v) is 14.9. The maximum absolute atomic E-state index is 6.92. The van der Waals surface area contributed by atoms with Crippen molar-refractivity contribution in [3.05, 3.63) is 107 Å². The number of halogens is 2. The normalized spacial score (nSPS) is 12.5. The molecular formula is C34H16Cl2S2. The van der Waals surface area contributed by atoms with Crippen LogP contribution in [0.5, 0.6) is 0 Å². The Morgan fingerprint density at radius 3 is 1.21 bits per heavy atom. The standard InChI is InChI=1S/C34H16Cl2S2/c35-25-15-23-29-21-11-6-14-28-32(21)30(24-16-26(36)18-8-2-4-10-20(18)34(24)38-28)22-12-5-13-27(31(22)29)37-33(23)19-9-3-1-7-17(19)25/h1-16H. The molecule has 9 rings (SSSR count). The van der Waals surface area contributed by atoms with Crippen molar-refractivity contribution in [2.75, 3.05) is 0 Å². The zero-order chi connectivity index (χ0) is 25.1. The van der Waals surface area contributed by atoms with Crippen molar-refractivity contribution in [1.82, 2.24) is 0 Å². The molecule has 0 saturated carbocycles. The van der Waals surface area contributed by atoms with Crippen LogP contribution in [0.3, 0.4) is 0 Å². The van der Waals surface area contributed by atoms with Crippen LogP contribution >= 0.6 is 45.9 Å². The second-order valence-electron chi connectivity index (χ2n) is 9.87. The minimum absolute atomic E-state index is 0.797. The molecule has 0 aliphatic rings. The van der Waals surface area contributed by atoms with Gasteiger partial charge >= 0.3 is 0 Å². The van der Waals surface area contributed by atoms with Crippen molar-refractivity contribution in [2.24, 2.45) is 0 Å². The van der Waals surface area contributed by atoms with E-state index >= 15 is 0 Å². The monoisotopic (exact) mass is 558 g/mol. The van der Waals surface area contributed by atoms with Crippen molar-refractivity contribution in [2.45, 2.75) is 0 Å². The lowest BCUT2D eigenvalue weighted by Crippen LogP contribution is -1.89. The molecule has 0 saturated heterocycles. The van der Waals surface area contributed by atoms with Gasteiger partial charge in [0.2, 0.25) is 0 Å². The third-order valence-corrected chi connectivity index (χ3v) is 11.0. The van der Waals surface area contributed by atoms with Gasteiger partial charge in [0.05, 0.1) is 0 Å². The van der Waals surface area contributed by atoms with E-state index in [9.17, 15) is 0 Å². The van der Waals surface area contributed by atoms with Crippen LogP contribution in [0.4, 0.5) is 0 Å². The summed E-state index contributed by atoms with van der Waals surface area (Å²) in [5.41, 5.74) is 0. The Labute approximate surface area is 235 Å². The number of benzene rings is 7. The largest absolute Gasteiger partial charge is 0.135 e. The number of hydrogen-bond acceptors (Lipinski definition) is 2. The van der Waals surface area contributed by atoms with E-state index in [1.54, 1.807) is 0 Å². The zero-order valence-electron chi connectivity index (χ0n) is 19.8. The summed E-state index contributed by atoms with van der Waals surface area (Å²) in [6.45, 7) is 0. The summed E-state index contributed by atoms with van der Waals surface area (Å²) >= 11 is 17.6. The summed E-state index contributed by atoms with van der Waals surface area (Å²) in [4.78, 5) is 0. The Bertz CT molecular complexity index is 2300. The molecule has 0 fully saturated rings. The number of fused-ring (bicyclic) bond motifs is 10. The molecule has 4 heteroatoms. The summed E-state index contributed by atoms with van der Waals surface area (Å²) in [5.74, 6) is 0. The minimum Gasteiger partial charge on any atom is -0.135 e. The number of rotatable bonds is 0. The zero-order valence-corrected chi connectivity index (χ0v) is 23.0. The fourth-order valence-electron chi connectivity index (χ4n) is 6.41. The average molecular weight is 560 g/mol. The Balaban J connectivity index is 1.65. The molecule has 0 nitrogen and oxygen atoms in total. The van der Waals surface area contributed by atoms with E-state index in [0.717, 1.165) is 20.8 Å². The van der Waals surface area contributed by atoms with Crippen molar-refractivity contribution < 1.29 is 0 Å². The molecule has 7 aromatic carbocycles. The quantitative estimate of drug-likeness (QED) is 0.128. The van der Waals surface area contributed by atoms with Gasteiger partial charge in [0.25, 0.3) is 0 Å². The van der Waals surface area contributed by atoms with Crippen molar-refractivity contribution in [1.29, 1.82) is 0 Å². The lowest BCUT2D eigenvalue weighted by Gasteiger charge is -2.19. The SMILES string of the molecule is Clc1cc2c(sc3cccc4c3c2c2cccc3sc5c6ccccc6c(Cl)cc5c4c32)c2ccccc12. The third kappa shape index (κ3) is 2.66. The maximum Gasteiger partial charge on any atom is 0.0491 e. The van der Waals surface area contributed by atoms with Gasteiger partial charge in [-0.1, -0.05) is 96.0 Å². The van der Waals surface area contributed by atoms with Crippen molar-refractivity contribution in [3.8, 4) is 0 Å². The second-order valence-corrected chi connectivity index (χ2v) is 12.8. The van der Waals surface area contributed by atoms with Gasteiger partial charge < -0.3 is 0 Å². The van der Waals surface area contributed by atoms with Gasteiger partial charge in [-0.3, -0.25) is 0 Å². The highest BCUT2D eigenvalue weighted by atomic mass is 35.5. The molecule has 0 atom stereocenters.